The van der Waals surface area contributed by atoms with E-state index < -0.39 is 5.97 Å². The largest absolute Gasteiger partial charge is 0.475 e. The summed E-state index contributed by atoms with van der Waals surface area (Å²) in [4.78, 5) is 12.9. The number of hydrogen-bond donors (Lipinski definition) is 1. The molecule has 0 saturated carbocycles. The van der Waals surface area contributed by atoms with Crippen molar-refractivity contribution in [3.05, 3.63) is 23.7 Å². The quantitative estimate of drug-likeness (QED) is 0.849. The maximum Gasteiger partial charge on any atom is 0.371 e. The summed E-state index contributed by atoms with van der Waals surface area (Å²) in [6.07, 6.45) is 0. The fourth-order valence-corrected chi connectivity index (χ4v) is 1.96. The van der Waals surface area contributed by atoms with Gasteiger partial charge < -0.3 is 9.52 Å². The Labute approximate surface area is 94.9 Å². The van der Waals surface area contributed by atoms with Crippen LogP contribution in [-0.2, 0) is 6.54 Å². The summed E-state index contributed by atoms with van der Waals surface area (Å²) in [7, 11) is 0. The first-order valence-corrected chi connectivity index (χ1v) is 5.60. The van der Waals surface area contributed by atoms with Crippen LogP contribution in [0, 0.1) is 11.8 Å². The Morgan fingerprint density at radius 1 is 1.56 bits per heavy atom. The molecule has 1 saturated heterocycles. The van der Waals surface area contributed by atoms with E-state index in [1.807, 2.05) is 0 Å². The van der Waals surface area contributed by atoms with Crippen molar-refractivity contribution in [2.75, 3.05) is 13.1 Å². The molecule has 4 heteroatoms. The maximum absolute atomic E-state index is 10.6. The van der Waals surface area contributed by atoms with E-state index in [4.69, 9.17) is 9.52 Å². The smallest absolute Gasteiger partial charge is 0.371 e. The van der Waals surface area contributed by atoms with Crippen LogP contribution in [0.2, 0.25) is 0 Å². The van der Waals surface area contributed by atoms with Gasteiger partial charge in [-0.05, 0) is 24.0 Å². The second-order valence-corrected chi connectivity index (χ2v) is 4.77. The summed E-state index contributed by atoms with van der Waals surface area (Å²) in [5.41, 5.74) is 0. The van der Waals surface area contributed by atoms with E-state index in [0.717, 1.165) is 37.2 Å². The topological polar surface area (TPSA) is 53.7 Å². The SMILES string of the molecule is CC(C)C1CN(Cc2ccc(C(=O)O)o2)C1. The molecular formula is C12H17NO3. The van der Waals surface area contributed by atoms with E-state index in [1.54, 1.807) is 6.07 Å². The molecule has 0 radical (unpaired) electrons. The van der Waals surface area contributed by atoms with Crippen molar-refractivity contribution in [2.45, 2.75) is 20.4 Å². The summed E-state index contributed by atoms with van der Waals surface area (Å²) in [6, 6.07) is 3.25. The molecule has 0 aromatic carbocycles. The van der Waals surface area contributed by atoms with Gasteiger partial charge in [0.2, 0.25) is 5.76 Å². The highest BCUT2D eigenvalue weighted by molar-refractivity contribution is 5.84. The van der Waals surface area contributed by atoms with Crippen LogP contribution in [0.4, 0.5) is 0 Å². The lowest BCUT2D eigenvalue weighted by Gasteiger charge is -2.41. The molecule has 1 aromatic rings. The number of rotatable bonds is 4. The maximum atomic E-state index is 10.6. The van der Waals surface area contributed by atoms with Crippen molar-refractivity contribution < 1.29 is 14.3 Å². The van der Waals surface area contributed by atoms with Crippen molar-refractivity contribution in [1.29, 1.82) is 0 Å². The van der Waals surface area contributed by atoms with Crippen LogP contribution in [0.5, 0.6) is 0 Å². The normalized spacial score (nSPS) is 17.7. The van der Waals surface area contributed by atoms with Crippen LogP contribution in [0.3, 0.4) is 0 Å². The van der Waals surface area contributed by atoms with Gasteiger partial charge in [-0.3, -0.25) is 4.90 Å². The van der Waals surface area contributed by atoms with Crippen molar-refractivity contribution >= 4 is 5.97 Å². The summed E-state index contributed by atoms with van der Waals surface area (Å²) < 4.78 is 5.21. The molecule has 2 heterocycles. The molecule has 0 amide bonds. The fourth-order valence-electron chi connectivity index (χ4n) is 1.96. The average molecular weight is 223 g/mol. The van der Waals surface area contributed by atoms with Gasteiger partial charge in [0, 0.05) is 13.1 Å². The Morgan fingerprint density at radius 2 is 2.25 bits per heavy atom. The molecule has 1 aromatic heterocycles. The molecule has 0 unspecified atom stereocenters. The molecule has 4 nitrogen and oxygen atoms in total. The van der Waals surface area contributed by atoms with Gasteiger partial charge in [0.05, 0.1) is 6.54 Å². The minimum Gasteiger partial charge on any atom is -0.475 e. The fraction of sp³-hybridized carbons (Fsp3) is 0.583. The molecule has 1 N–H and O–H groups in total. The van der Waals surface area contributed by atoms with E-state index in [9.17, 15) is 4.79 Å². The molecule has 1 aliphatic rings. The zero-order valence-electron chi connectivity index (χ0n) is 9.64. The summed E-state index contributed by atoms with van der Waals surface area (Å²) in [5.74, 6) is 1.25. The summed E-state index contributed by atoms with van der Waals surface area (Å²) in [5, 5.41) is 8.71. The molecule has 1 fully saturated rings. The van der Waals surface area contributed by atoms with E-state index >= 15 is 0 Å². The van der Waals surface area contributed by atoms with Crippen molar-refractivity contribution in [3.8, 4) is 0 Å². The Kier molecular flexibility index (Phi) is 3.01. The Morgan fingerprint density at radius 3 is 2.75 bits per heavy atom. The number of carboxylic acid groups (broad SMARTS) is 1. The second-order valence-electron chi connectivity index (χ2n) is 4.77. The number of carbonyl (C=O) groups is 1. The number of likely N-dealkylation sites (tertiary alicyclic amines) is 1. The third kappa shape index (κ3) is 2.27. The monoisotopic (exact) mass is 223 g/mol. The van der Waals surface area contributed by atoms with Gasteiger partial charge in [-0.2, -0.15) is 0 Å². The van der Waals surface area contributed by atoms with E-state index in [2.05, 4.69) is 18.7 Å². The Hall–Kier alpha value is -1.29. The lowest BCUT2D eigenvalue weighted by atomic mass is 9.88. The molecule has 1 aliphatic heterocycles. The standard InChI is InChI=1S/C12H17NO3/c1-8(2)9-5-13(6-9)7-10-3-4-11(16-10)12(14)15/h3-4,8-9H,5-7H2,1-2H3,(H,14,15). The Balaban J connectivity index is 1.84. The molecule has 2 rings (SSSR count). The third-order valence-corrected chi connectivity index (χ3v) is 3.18. The lowest BCUT2D eigenvalue weighted by Crippen LogP contribution is -2.48. The van der Waals surface area contributed by atoms with Gasteiger partial charge in [-0.15, -0.1) is 0 Å². The van der Waals surface area contributed by atoms with Gasteiger partial charge in [-0.1, -0.05) is 13.8 Å². The van der Waals surface area contributed by atoms with Gasteiger partial charge in [0.15, 0.2) is 0 Å². The highest BCUT2D eigenvalue weighted by Gasteiger charge is 2.29. The van der Waals surface area contributed by atoms with Crippen molar-refractivity contribution in [2.24, 2.45) is 11.8 Å². The number of hydrogen-bond acceptors (Lipinski definition) is 3. The van der Waals surface area contributed by atoms with E-state index in [1.165, 1.54) is 6.07 Å². The van der Waals surface area contributed by atoms with Gasteiger partial charge in [-0.25, -0.2) is 4.79 Å². The number of carboxylic acids is 1. The van der Waals surface area contributed by atoms with E-state index in [-0.39, 0.29) is 5.76 Å². The lowest BCUT2D eigenvalue weighted by molar-refractivity contribution is 0.0529. The van der Waals surface area contributed by atoms with Crippen LogP contribution in [0.25, 0.3) is 0 Å². The predicted octanol–water partition coefficient (Wildman–Crippen LogP) is 2.07. The molecule has 0 bridgehead atoms. The highest BCUT2D eigenvalue weighted by Crippen LogP contribution is 2.25. The van der Waals surface area contributed by atoms with Crippen molar-refractivity contribution in [3.63, 3.8) is 0 Å². The summed E-state index contributed by atoms with van der Waals surface area (Å²) in [6.45, 7) is 7.35. The average Bonchev–Trinajstić information content (AvgIpc) is 2.58. The molecule has 88 valence electrons. The first-order chi connectivity index (χ1) is 7.56. The third-order valence-electron chi connectivity index (χ3n) is 3.18. The zero-order chi connectivity index (χ0) is 11.7. The number of nitrogens with zero attached hydrogens (tertiary/aromatic N) is 1. The van der Waals surface area contributed by atoms with Crippen LogP contribution in [0.1, 0.15) is 30.2 Å². The minimum atomic E-state index is -1.00. The van der Waals surface area contributed by atoms with Gasteiger partial charge >= 0.3 is 5.97 Å². The van der Waals surface area contributed by atoms with Crippen LogP contribution in [0.15, 0.2) is 16.5 Å². The van der Waals surface area contributed by atoms with E-state index in [0.29, 0.717) is 0 Å². The molecule has 0 spiro atoms. The van der Waals surface area contributed by atoms with Gasteiger partial charge in [0.1, 0.15) is 5.76 Å². The van der Waals surface area contributed by atoms with Crippen molar-refractivity contribution in [1.82, 2.24) is 4.90 Å². The number of furan rings is 1. The highest BCUT2D eigenvalue weighted by atomic mass is 16.4. The van der Waals surface area contributed by atoms with Crippen LogP contribution in [-0.4, -0.2) is 29.1 Å². The summed E-state index contributed by atoms with van der Waals surface area (Å²) >= 11 is 0. The second kappa shape index (κ2) is 4.29. The molecule has 0 aliphatic carbocycles. The minimum absolute atomic E-state index is 0.0240. The molecule has 16 heavy (non-hydrogen) atoms. The van der Waals surface area contributed by atoms with Gasteiger partial charge in [0.25, 0.3) is 0 Å². The first kappa shape index (κ1) is 11.2. The predicted molar refractivity (Wildman–Crippen MR) is 59.3 cm³/mol. The molecule has 0 atom stereocenters. The van der Waals surface area contributed by atoms with Crippen LogP contribution < -0.4 is 0 Å². The van der Waals surface area contributed by atoms with Crippen LogP contribution >= 0.6 is 0 Å². The first-order valence-electron chi connectivity index (χ1n) is 5.60. The zero-order valence-corrected chi connectivity index (χ0v) is 9.64. The molecular weight excluding hydrogens is 206 g/mol. The Bertz CT molecular complexity index is 377. The number of aromatic carboxylic acids is 1.